The second-order valence-corrected chi connectivity index (χ2v) is 4.03. The molecule has 1 atom stereocenters. The van der Waals surface area contributed by atoms with Gasteiger partial charge in [0.25, 0.3) is 0 Å². The van der Waals surface area contributed by atoms with Crippen molar-refractivity contribution in [3.8, 4) is 0 Å². The van der Waals surface area contributed by atoms with Gasteiger partial charge in [0.15, 0.2) is 0 Å². The standard InChI is InChI=1S/C10H21N3O/c1-2-9-5-7-13(8-9)6-3-4-10(14)12-11/h9H,2-8,11H2,1H3,(H,12,14). The molecule has 0 saturated carbocycles. The van der Waals surface area contributed by atoms with Crippen LogP contribution in [-0.2, 0) is 4.79 Å². The lowest BCUT2D eigenvalue weighted by molar-refractivity contribution is -0.121. The minimum atomic E-state index is -0.0590. The van der Waals surface area contributed by atoms with Crippen molar-refractivity contribution in [2.75, 3.05) is 19.6 Å². The number of hydrogen-bond donors (Lipinski definition) is 2. The largest absolute Gasteiger partial charge is 0.303 e. The predicted molar refractivity (Wildman–Crippen MR) is 56.4 cm³/mol. The third-order valence-corrected chi connectivity index (χ3v) is 2.99. The second kappa shape index (κ2) is 5.98. The fourth-order valence-electron chi connectivity index (χ4n) is 1.98. The quantitative estimate of drug-likeness (QED) is 0.385. The highest BCUT2D eigenvalue weighted by molar-refractivity contribution is 5.75. The summed E-state index contributed by atoms with van der Waals surface area (Å²) >= 11 is 0. The van der Waals surface area contributed by atoms with E-state index in [1.807, 2.05) is 0 Å². The van der Waals surface area contributed by atoms with E-state index in [1.165, 1.54) is 25.9 Å². The van der Waals surface area contributed by atoms with Crippen LogP contribution in [0, 0.1) is 5.92 Å². The summed E-state index contributed by atoms with van der Waals surface area (Å²) in [5.41, 5.74) is 2.15. The molecule has 1 saturated heterocycles. The lowest BCUT2D eigenvalue weighted by Crippen LogP contribution is -2.31. The molecule has 3 N–H and O–H groups in total. The number of amides is 1. The maximum Gasteiger partial charge on any atom is 0.233 e. The smallest absolute Gasteiger partial charge is 0.233 e. The van der Waals surface area contributed by atoms with Gasteiger partial charge in [-0.05, 0) is 31.8 Å². The molecule has 14 heavy (non-hydrogen) atoms. The molecular weight excluding hydrogens is 178 g/mol. The minimum absolute atomic E-state index is 0.0590. The molecule has 1 amide bonds. The molecule has 1 rings (SSSR count). The molecule has 1 aliphatic rings. The van der Waals surface area contributed by atoms with Crippen LogP contribution >= 0.6 is 0 Å². The third kappa shape index (κ3) is 3.64. The van der Waals surface area contributed by atoms with Crippen LogP contribution in [0.2, 0.25) is 0 Å². The van der Waals surface area contributed by atoms with E-state index < -0.39 is 0 Å². The first-order valence-electron chi connectivity index (χ1n) is 5.48. The molecule has 1 heterocycles. The number of nitrogens with two attached hydrogens (primary N) is 1. The Morgan fingerprint density at radius 3 is 3.00 bits per heavy atom. The monoisotopic (exact) mass is 199 g/mol. The molecule has 4 nitrogen and oxygen atoms in total. The Labute approximate surface area is 85.8 Å². The van der Waals surface area contributed by atoms with E-state index in [0.29, 0.717) is 6.42 Å². The van der Waals surface area contributed by atoms with Gasteiger partial charge in [0.2, 0.25) is 5.91 Å². The fraction of sp³-hybridized carbons (Fsp3) is 0.900. The molecule has 0 aliphatic carbocycles. The summed E-state index contributed by atoms with van der Waals surface area (Å²) in [5, 5.41) is 0. The van der Waals surface area contributed by atoms with Crippen molar-refractivity contribution in [3.05, 3.63) is 0 Å². The van der Waals surface area contributed by atoms with Crippen LogP contribution in [0.15, 0.2) is 0 Å². The first-order chi connectivity index (χ1) is 6.76. The van der Waals surface area contributed by atoms with Gasteiger partial charge in [0, 0.05) is 13.0 Å². The number of rotatable bonds is 5. The molecule has 0 radical (unpaired) electrons. The van der Waals surface area contributed by atoms with Crippen LogP contribution in [0.3, 0.4) is 0 Å². The highest BCUT2D eigenvalue weighted by Crippen LogP contribution is 2.18. The van der Waals surface area contributed by atoms with Gasteiger partial charge in [-0.15, -0.1) is 0 Å². The number of nitrogens with one attached hydrogen (secondary N) is 1. The summed E-state index contributed by atoms with van der Waals surface area (Å²) in [5.74, 6) is 5.81. The topological polar surface area (TPSA) is 58.4 Å². The average molecular weight is 199 g/mol. The van der Waals surface area contributed by atoms with Crippen molar-refractivity contribution in [2.24, 2.45) is 11.8 Å². The maximum absolute atomic E-state index is 10.9. The van der Waals surface area contributed by atoms with E-state index in [1.54, 1.807) is 0 Å². The lowest BCUT2D eigenvalue weighted by Gasteiger charge is -2.14. The fourth-order valence-corrected chi connectivity index (χ4v) is 1.98. The second-order valence-electron chi connectivity index (χ2n) is 4.03. The maximum atomic E-state index is 10.9. The molecule has 0 aromatic carbocycles. The summed E-state index contributed by atoms with van der Waals surface area (Å²) in [7, 11) is 0. The van der Waals surface area contributed by atoms with Gasteiger partial charge >= 0.3 is 0 Å². The van der Waals surface area contributed by atoms with Crippen LogP contribution < -0.4 is 11.3 Å². The van der Waals surface area contributed by atoms with E-state index in [4.69, 9.17) is 5.84 Å². The van der Waals surface area contributed by atoms with Crippen LogP contribution in [-0.4, -0.2) is 30.4 Å². The Bertz CT molecular complexity index is 184. The van der Waals surface area contributed by atoms with Crippen molar-refractivity contribution in [3.63, 3.8) is 0 Å². The first-order valence-corrected chi connectivity index (χ1v) is 5.48. The van der Waals surface area contributed by atoms with Gasteiger partial charge in [-0.25, -0.2) is 5.84 Å². The summed E-state index contributed by atoms with van der Waals surface area (Å²) in [4.78, 5) is 13.3. The van der Waals surface area contributed by atoms with Gasteiger partial charge in [-0.2, -0.15) is 0 Å². The number of likely N-dealkylation sites (tertiary alicyclic amines) is 1. The normalized spacial score (nSPS) is 22.6. The Morgan fingerprint density at radius 2 is 2.43 bits per heavy atom. The number of carbonyl (C=O) groups is 1. The van der Waals surface area contributed by atoms with Crippen LogP contribution in [0.4, 0.5) is 0 Å². The van der Waals surface area contributed by atoms with Crippen LogP contribution in [0.25, 0.3) is 0 Å². The molecule has 1 aliphatic heterocycles. The summed E-state index contributed by atoms with van der Waals surface area (Å²) < 4.78 is 0. The molecular formula is C10H21N3O. The van der Waals surface area contributed by atoms with Crippen LogP contribution in [0.5, 0.6) is 0 Å². The number of hydrazine groups is 1. The zero-order valence-electron chi connectivity index (χ0n) is 8.96. The average Bonchev–Trinajstić information content (AvgIpc) is 2.65. The lowest BCUT2D eigenvalue weighted by atomic mass is 10.1. The number of nitrogens with zero attached hydrogens (tertiary/aromatic N) is 1. The third-order valence-electron chi connectivity index (χ3n) is 2.99. The SMILES string of the molecule is CCC1CCN(CCCC(=O)NN)C1. The summed E-state index contributed by atoms with van der Waals surface area (Å²) in [6.07, 6.45) is 4.06. The highest BCUT2D eigenvalue weighted by atomic mass is 16.2. The zero-order chi connectivity index (χ0) is 10.4. The van der Waals surface area contributed by atoms with Gasteiger partial charge in [-0.3, -0.25) is 10.2 Å². The molecule has 0 spiro atoms. The Morgan fingerprint density at radius 1 is 1.64 bits per heavy atom. The van der Waals surface area contributed by atoms with Crippen LogP contribution in [0.1, 0.15) is 32.6 Å². The van der Waals surface area contributed by atoms with Gasteiger partial charge < -0.3 is 4.90 Å². The van der Waals surface area contributed by atoms with Crippen molar-refractivity contribution >= 4 is 5.91 Å². The van der Waals surface area contributed by atoms with Gasteiger partial charge in [-0.1, -0.05) is 13.3 Å². The van der Waals surface area contributed by atoms with Gasteiger partial charge in [0.1, 0.15) is 0 Å². The van der Waals surface area contributed by atoms with Crippen molar-refractivity contribution < 1.29 is 4.79 Å². The summed E-state index contributed by atoms with van der Waals surface area (Å²) in [6.45, 7) is 5.68. The molecule has 0 aromatic heterocycles. The van der Waals surface area contributed by atoms with E-state index in [-0.39, 0.29) is 5.91 Å². The Hall–Kier alpha value is -0.610. The van der Waals surface area contributed by atoms with Crippen molar-refractivity contribution in [2.45, 2.75) is 32.6 Å². The highest BCUT2D eigenvalue weighted by Gasteiger charge is 2.20. The van der Waals surface area contributed by atoms with Crippen molar-refractivity contribution in [1.82, 2.24) is 10.3 Å². The Kier molecular flexibility index (Phi) is 4.90. The molecule has 1 unspecified atom stereocenters. The minimum Gasteiger partial charge on any atom is -0.303 e. The summed E-state index contributed by atoms with van der Waals surface area (Å²) in [6, 6.07) is 0. The predicted octanol–water partition coefficient (Wildman–Crippen LogP) is 0.488. The molecule has 82 valence electrons. The number of hydrogen-bond acceptors (Lipinski definition) is 3. The molecule has 0 aromatic rings. The molecule has 0 bridgehead atoms. The number of carbonyl (C=O) groups excluding carboxylic acids is 1. The zero-order valence-corrected chi connectivity index (χ0v) is 8.96. The van der Waals surface area contributed by atoms with Gasteiger partial charge in [0.05, 0.1) is 0 Å². The molecule has 4 heteroatoms. The van der Waals surface area contributed by atoms with E-state index in [2.05, 4.69) is 17.2 Å². The van der Waals surface area contributed by atoms with E-state index in [0.717, 1.165) is 18.9 Å². The van der Waals surface area contributed by atoms with E-state index >= 15 is 0 Å². The first kappa shape index (κ1) is 11.5. The molecule has 1 fully saturated rings. The van der Waals surface area contributed by atoms with E-state index in [9.17, 15) is 4.79 Å². The van der Waals surface area contributed by atoms with Crippen molar-refractivity contribution in [1.29, 1.82) is 0 Å². The Balaban J connectivity index is 2.05.